The third-order valence-electron chi connectivity index (χ3n) is 5.49. The number of nitrogen functional groups attached to an aromatic ring is 1. The van der Waals surface area contributed by atoms with Gasteiger partial charge < -0.3 is 25.2 Å². The molecule has 13 heteroatoms. The predicted octanol–water partition coefficient (Wildman–Crippen LogP) is 6.67. The number of piperidine rings is 1. The summed E-state index contributed by atoms with van der Waals surface area (Å²) in [5.74, 6) is -2.89. The number of nitrogens with one attached hydrogen (secondary N) is 2. The second kappa shape index (κ2) is 14.3. The van der Waals surface area contributed by atoms with Gasteiger partial charge in [-0.05, 0) is 86.4 Å². The molecule has 8 nitrogen and oxygen atoms in total. The molecule has 1 aliphatic heterocycles. The highest BCUT2D eigenvalue weighted by Crippen LogP contribution is 2.35. The molecule has 0 atom stereocenters. The van der Waals surface area contributed by atoms with Gasteiger partial charge >= 0.3 is 6.61 Å². The van der Waals surface area contributed by atoms with Crippen molar-refractivity contribution < 1.29 is 27.0 Å². The highest BCUT2D eigenvalue weighted by Gasteiger charge is 2.18. The molecule has 0 spiro atoms. The van der Waals surface area contributed by atoms with E-state index in [1.165, 1.54) is 75.1 Å². The van der Waals surface area contributed by atoms with Crippen LogP contribution in [0.15, 0.2) is 71.9 Å². The van der Waals surface area contributed by atoms with E-state index in [1.807, 2.05) is 0 Å². The van der Waals surface area contributed by atoms with Crippen molar-refractivity contribution in [1.82, 2.24) is 20.3 Å². The van der Waals surface area contributed by atoms with Crippen LogP contribution in [-0.2, 0) is 0 Å². The largest absolute Gasteiger partial charge is 0.435 e. The number of halogens is 4. The summed E-state index contributed by atoms with van der Waals surface area (Å²) in [5, 5.41) is 3.28. The molecule has 4 aromatic rings. The van der Waals surface area contributed by atoms with E-state index >= 15 is 0 Å². The number of pyridine rings is 1. The molecule has 1 fully saturated rings. The van der Waals surface area contributed by atoms with E-state index in [4.69, 9.17) is 10.5 Å². The predicted molar refractivity (Wildman–Crippen MR) is 145 cm³/mol. The fraction of sp³-hybridized carbons (Fsp3) is 0.222. The van der Waals surface area contributed by atoms with Crippen LogP contribution in [0.2, 0.25) is 0 Å². The van der Waals surface area contributed by atoms with Gasteiger partial charge in [-0.3, -0.25) is 0 Å². The van der Waals surface area contributed by atoms with E-state index in [2.05, 4.69) is 29.7 Å². The van der Waals surface area contributed by atoms with Crippen LogP contribution in [0.5, 0.6) is 17.4 Å². The van der Waals surface area contributed by atoms with Gasteiger partial charge in [0.05, 0.1) is 16.9 Å². The van der Waals surface area contributed by atoms with Gasteiger partial charge in [-0.15, -0.1) is 0 Å². The Bertz CT molecular complexity index is 1400. The number of rotatable bonds is 8. The minimum atomic E-state index is -2.97. The number of ether oxygens (including phenoxy) is 2. The Kier molecular flexibility index (Phi) is 10.4. The Morgan fingerprint density at radius 1 is 0.925 bits per heavy atom. The Morgan fingerprint density at radius 2 is 1.75 bits per heavy atom. The van der Waals surface area contributed by atoms with Crippen molar-refractivity contribution in [2.45, 2.75) is 30.8 Å². The second-order valence-corrected chi connectivity index (χ2v) is 9.25. The highest BCUT2D eigenvalue weighted by atomic mass is 32.2. The molecule has 0 amide bonds. The van der Waals surface area contributed by atoms with E-state index < -0.39 is 24.0 Å². The molecular weight excluding hydrogens is 548 g/mol. The van der Waals surface area contributed by atoms with Gasteiger partial charge in [0.25, 0.3) is 0 Å². The summed E-state index contributed by atoms with van der Waals surface area (Å²) < 4.78 is 66.7. The van der Waals surface area contributed by atoms with Crippen molar-refractivity contribution in [3.63, 3.8) is 0 Å². The summed E-state index contributed by atoms with van der Waals surface area (Å²) in [6, 6.07) is 13.1. The normalized spacial score (nSPS) is 12.8. The van der Waals surface area contributed by atoms with Gasteiger partial charge in [0.1, 0.15) is 5.75 Å². The Balaban J connectivity index is 0.000000546. The molecule has 0 radical (unpaired) electrons. The van der Waals surface area contributed by atoms with Crippen LogP contribution in [0.3, 0.4) is 0 Å². The first-order valence-electron chi connectivity index (χ1n) is 12.3. The zero-order valence-corrected chi connectivity index (χ0v) is 21.9. The van der Waals surface area contributed by atoms with Crippen LogP contribution in [0.1, 0.15) is 19.3 Å². The van der Waals surface area contributed by atoms with E-state index in [0.29, 0.717) is 16.2 Å². The molecular formula is C27H26F4N6O2S. The molecule has 1 aliphatic rings. The molecule has 4 N–H and O–H groups in total. The molecule has 210 valence electrons. The molecule has 40 heavy (non-hydrogen) atoms. The summed E-state index contributed by atoms with van der Waals surface area (Å²) >= 11 is 0.888. The lowest BCUT2D eigenvalue weighted by Crippen LogP contribution is -2.21. The third kappa shape index (κ3) is 8.20. The van der Waals surface area contributed by atoms with E-state index in [0.717, 1.165) is 11.9 Å². The maximum absolute atomic E-state index is 14.8. The third-order valence-corrected chi connectivity index (χ3v) is 6.30. The van der Waals surface area contributed by atoms with Gasteiger partial charge in [0, 0.05) is 17.3 Å². The van der Waals surface area contributed by atoms with Crippen LogP contribution < -0.4 is 25.2 Å². The first-order valence-corrected chi connectivity index (χ1v) is 13.1. The molecule has 1 saturated heterocycles. The lowest BCUT2D eigenvalue weighted by Gasteiger charge is -2.13. The molecule has 0 saturated carbocycles. The van der Waals surface area contributed by atoms with Crippen molar-refractivity contribution in [1.29, 1.82) is 0 Å². The van der Waals surface area contributed by atoms with E-state index in [-0.39, 0.29) is 23.3 Å². The Labute approximate surface area is 232 Å². The zero-order valence-electron chi connectivity index (χ0n) is 21.1. The van der Waals surface area contributed by atoms with Crippen molar-refractivity contribution in [2.75, 3.05) is 23.5 Å². The van der Waals surface area contributed by atoms with Crippen molar-refractivity contribution >= 4 is 23.6 Å². The molecule has 3 heterocycles. The number of nitrogens with zero attached hydrogens (tertiary/aromatic N) is 3. The quantitative estimate of drug-likeness (QED) is 0.157. The summed E-state index contributed by atoms with van der Waals surface area (Å²) in [7, 11) is 0. The van der Waals surface area contributed by atoms with Gasteiger partial charge in [0.15, 0.2) is 11.6 Å². The molecule has 2 aromatic heterocycles. The van der Waals surface area contributed by atoms with Gasteiger partial charge in [0.2, 0.25) is 17.6 Å². The average molecular weight is 575 g/mol. The highest BCUT2D eigenvalue weighted by molar-refractivity contribution is 8.00. The minimum absolute atomic E-state index is 0.00942. The fourth-order valence-corrected chi connectivity index (χ4v) is 4.32. The summed E-state index contributed by atoms with van der Waals surface area (Å²) in [4.78, 5) is 12.4. The number of anilines is 2. The van der Waals surface area contributed by atoms with Crippen LogP contribution in [0.4, 0.5) is 29.2 Å². The number of aromatic nitrogens is 3. The number of benzene rings is 2. The Hall–Kier alpha value is -4.10. The minimum Gasteiger partial charge on any atom is -0.435 e. The molecule has 0 unspecified atom stereocenters. The second-order valence-electron chi connectivity index (χ2n) is 8.37. The number of nitrogens with two attached hydrogens (primary N) is 1. The van der Waals surface area contributed by atoms with Crippen molar-refractivity contribution in [2.24, 2.45) is 0 Å². The Morgan fingerprint density at radius 3 is 2.45 bits per heavy atom. The zero-order chi connectivity index (χ0) is 28.3. The summed E-state index contributed by atoms with van der Waals surface area (Å²) in [5.41, 5.74) is 6.23. The first-order chi connectivity index (χ1) is 19.4. The maximum Gasteiger partial charge on any atom is 0.387 e. The van der Waals surface area contributed by atoms with Crippen molar-refractivity contribution in [3.05, 3.63) is 78.6 Å². The SMILES string of the molecule is C1CCNCC1.Nc1nccc(-c2cccnc2Oc2ccc(NSc3cccc(OC(F)F)c3)c(F)c2F)n1. The molecule has 0 bridgehead atoms. The number of hydrogen-bond acceptors (Lipinski definition) is 9. The maximum atomic E-state index is 14.8. The standard InChI is InChI=1S/C22H15F4N5O2S.C5H11N/c23-18-16(31-34-13-4-1-3-12(11-13)32-21(25)26)6-7-17(19(18)24)33-20-14(5-2-9-28-20)15-8-10-29-22(27)30-15;1-2-4-6-5-3-1/h1-11,21,31H,(H2,27,29,30);6H,1-5H2. The topological polar surface area (TPSA) is 107 Å². The van der Waals surface area contributed by atoms with Gasteiger partial charge in [-0.2, -0.15) is 13.2 Å². The average Bonchev–Trinajstić information content (AvgIpc) is 2.96. The first kappa shape index (κ1) is 28.9. The van der Waals surface area contributed by atoms with Crippen LogP contribution in [0.25, 0.3) is 11.3 Å². The van der Waals surface area contributed by atoms with Crippen molar-refractivity contribution in [3.8, 4) is 28.6 Å². The molecule has 0 aliphatic carbocycles. The van der Waals surface area contributed by atoms with Crippen LogP contribution in [0, 0.1) is 11.6 Å². The van der Waals surface area contributed by atoms with Crippen LogP contribution >= 0.6 is 11.9 Å². The number of hydrogen-bond donors (Lipinski definition) is 3. The smallest absolute Gasteiger partial charge is 0.387 e. The summed E-state index contributed by atoms with van der Waals surface area (Å²) in [6.07, 6.45) is 7.09. The lowest BCUT2D eigenvalue weighted by atomic mass is 10.2. The molecule has 5 rings (SSSR count). The van der Waals surface area contributed by atoms with Crippen LogP contribution in [-0.4, -0.2) is 34.7 Å². The van der Waals surface area contributed by atoms with Gasteiger partial charge in [-0.1, -0.05) is 12.5 Å². The molecule has 2 aromatic carbocycles. The monoisotopic (exact) mass is 574 g/mol. The van der Waals surface area contributed by atoms with Gasteiger partial charge in [-0.25, -0.2) is 19.3 Å². The van der Waals surface area contributed by atoms with E-state index in [1.54, 1.807) is 24.3 Å². The summed E-state index contributed by atoms with van der Waals surface area (Å²) in [6.45, 7) is -0.474. The number of alkyl halides is 2. The fourth-order valence-electron chi connectivity index (χ4n) is 3.61. The lowest BCUT2D eigenvalue weighted by molar-refractivity contribution is -0.0499. The van der Waals surface area contributed by atoms with E-state index in [9.17, 15) is 17.6 Å².